The second-order valence-electron chi connectivity index (χ2n) is 4.23. The minimum absolute atomic E-state index is 0.247. The van der Waals surface area contributed by atoms with Crippen LogP contribution >= 0.6 is 23.2 Å². The summed E-state index contributed by atoms with van der Waals surface area (Å²) in [5.41, 5.74) is 0.785. The van der Waals surface area contributed by atoms with Gasteiger partial charge in [0.1, 0.15) is 6.04 Å². The molecule has 1 aliphatic heterocycles. The third kappa shape index (κ3) is 3.48. The smallest absolute Gasteiger partial charge is 0.323 e. The molecule has 0 aromatic heterocycles. The number of rotatable bonds is 2. The summed E-state index contributed by atoms with van der Waals surface area (Å²) in [6.45, 7) is 0. The van der Waals surface area contributed by atoms with E-state index in [-0.39, 0.29) is 11.8 Å². The number of benzene rings is 1. The highest BCUT2D eigenvalue weighted by Gasteiger charge is 2.32. The van der Waals surface area contributed by atoms with Crippen molar-refractivity contribution in [2.45, 2.75) is 12.1 Å². The molecule has 2 rings (SSSR count). The fraction of sp³-hybridized carbons (Fsp3) is 0.417. The van der Waals surface area contributed by atoms with Crippen LogP contribution in [0.3, 0.4) is 0 Å². The molecule has 1 heterocycles. The Kier molecular flexibility index (Phi) is 4.84. The van der Waals surface area contributed by atoms with Crippen molar-refractivity contribution in [2.24, 2.45) is 0 Å². The van der Waals surface area contributed by atoms with E-state index in [1.807, 2.05) is 0 Å². The number of esters is 1. The van der Waals surface area contributed by atoms with E-state index in [1.54, 1.807) is 18.2 Å². The van der Waals surface area contributed by atoms with E-state index in [0.717, 1.165) is 5.56 Å². The van der Waals surface area contributed by atoms with E-state index in [1.165, 1.54) is 7.11 Å². The maximum absolute atomic E-state index is 11.9. The highest BCUT2D eigenvalue weighted by atomic mass is 35.5. The molecule has 19 heavy (non-hydrogen) atoms. The number of ether oxygens (including phenoxy) is 1. The number of nitrogens with one attached hydrogen (secondary N) is 1. The van der Waals surface area contributed by atoms with Crippen LogP contribution in [0.4, 0.5) is 0 Å². The first-order valence-corrected chi connectivity index (χ1v) is 7.89. The van der Waals surface area contributed by atoms with Gasteiger partial charge in [-0.15, -0.1) is 0 Å². The molecule has 0 amide bonds. The number of carbonyl (C=O) groups excluding carboxylic acids is 1. The molecule has 0 saturated carbocycles. The van der Waals surface area contributed by atoms with E-state index in [0.29, 0.717) is 15.8 Å². The van der Waals surface area contributed by atoms with Crippen LogP contribution in [0.1, 0.15) is 11.6 Å². The van der Waals surface area contributed by atoms with Gasteiger partial charge >= 0.3 is 5.97 Å². The second kappa shape index (κ2) is 6.22. The van der Waals surface area contributed by atoms with Crippen LogP contribution in [0.5, 0.6) is 0 Å². The zero-order valence-corrected chi connectivity index (χ0v) is 12.5. The van der Waals surface area contributed by atoms with E-state index in [2.05, 4.69) is 10.1 Å². The molecule has 3 atom stereocenters. The van der Waals surface area contributed by atoms with Gasteiger partial charge in [0.25, 0.3) is 0 Å². The normalized spacial score (nSPS) is 27.0. The summed E-state index contributed by atoms with van der Waals surface area (Å²) in [7, 11) is 0.220. The standard InChI is InChI=1S/C12H13Cl2NO3S/c1-18-12(16)11-6-19(17)5-10(15-11)8-3-2-7(13)4-9(8)14/h2-4,10-11,15H,5-6H2,1H3. The molecule has 0 aliphatic carbocycles. The van der Waals surface area contributed by atoms with Crippen molar-refractivity contribution in [3.05, 3.63) is 33.8 Å². The highest BCUT2D eigenvalue weighted by molar-refractivity contribution is 7.85. The molecule has 104 valence electrons. The zero-order chi connectivity index (χ0) is 14.0. The van der Waals surface area contributed by atoms with Gasteiger partial charge in [-0.05, 0) is 17.7 Å². The third-order valence-electron chi connectivity index (χ3n) is 2.93. The lowest BCUT2D eigenvalue weighted by Gasteiger charge is -2.29. The summed E-state index contributed by atoms with van der Waals surface area (Å²) in [4.78, 5) is 11.6. The van der Waals surface area contributed by atoms with Crippen LogP contribution in [0.15, 0.2) is 18.2 Å². The van der Waals surface area contributed by atoms with Crippen molar-refractivity contribution in [2.75, 3.05) is 18.6 Å². The van der Waals surface area contributed by atoms with Crippen molar-refractivity contribution in [3.8, 4) is 0 Å². The van der Waals surface area contributed by atoms with Gasteiger partial charge in [-0.25, -0.2) is 0 Å². The SMILES string of the molecule is COC(=O)C1CS(=O)CC(c2ccc(Cl)cc2Cl)N1. The lowest BCUT2D eigenvalue weighted by atomic mass is 10.1. The van der Waals surface area contributed by atoms with E-state index >= 15 is 0 Å². The summed E-state index contributed by atoms with van der Waals surface area (Å²) < 4.78 is 16.5. The quantitative estimate of drug-likeness (QED) is 0.846. The zero-order valence-electron chi connectivity index (χ0n) is 10.2. The molecule has 1 fully saturated rings. The van der Waals surface area contributed by atoms with Crippen LogP contribution in [0, 0.1) is 0 Å². The molecule has 1 aromatic carbocycles. The molecule has 1 saturated heterocycles. The topological polar surface area (TPSA) is 55.4 Å². The van der Waals surface area contributed by atoms with Crippen LogP contribution in [-0.4, -0.2) is 34.8 Å². The first-order chi connectivity index (χ1) is 9.01. The van der Waals surface area contributed by atoms with Crippen molar-refractivity contribution >= 4 is 40.0 Å². The van der Waals surface area contributed by atoms with Gasteiger partial charge in [0.15, 0.2) is 0 Å². The van der Waals surface area contributed by atoms with E-state index in [4.69, 9.17) is 23.2 Å². The summed E-state index contributed by atoms with van der Waals surface area (Å²) in [6, 6.07) is 4.30. The second-order valence-corrected chi connectivity index (χ2v) is 6.62. The fourth-order valence-electron chi connectivity index (χ4n) is 2.02. The maximum atomic E-state index is 11.9. The van der Waals surface area contributed by atoms with E-state index in [9.17, 15) is 9.00 Å². The molecule has 1 aliphatic rings. The van der Waals surface area contributed by atoms with Crippen molar-refractivity contribution in [1.82, 2.24) is 5.32 Å². The number of halogens is 2. The van der Waals surface area contributed by atoms with Crippen molar-refractivity contribution in [3.63, 3.8) is 0 Å². The first kappa shape index (κ1) is 14.8. The average Bonchev–Trinajstić information content (AvgIpc) is 2.37. The molecular weight excluding hydrogens is 309 g/mol. The number of hydrogen-bond donors (Lipinski definition) is 1. The fourth-order valence-corrected chi connectivity index (χ4v) is 3.95. The number of hydrogen-bond acceptors (Lipinski definition) is 4. The lowest BCUT2D eigenvalue weighted by Crippen LogP contribution is -2.49. The Morgan fingerprint density at radius 2 is 2.16 bits per heavy atom. The minimum Gasteiger partial charge on any atom is -0.468 e. The summed E-state index contributed by atoms with van der Waals surface area (Å²) >= 11 is 12.0. The molecule has 0 radical (unpaired) electrons. The maximum Gasteiger partial charge on any atom is 0.323 e. The number of carbonyl (C=O) groups is 1. The van der Waals surface area contributed by atoms with Crippen LogP contribution in [-0.2, 0) is 20.3 Å². The Morgan fingerprint density at radius 1 is 1.42 bits per heavy atom. The monoisotopic (exact) mass is 321 g/mol. The molecule has 0 bridgehead atoms. The van der Waals surface area contributed by atoms with Crippen LogP contribution in [0.2, 0.25) is 10.0 Å². The summed E-state index contributed by atoms with van der Waals surface area (Å²) in [5.74, 6) is 0.256. The molecule has 0 spiro atoms. The predicted molar refractivity (Wildman–Crippen MR) is 76.0 cm³/mol. The van der Waals surface area contributed by atoms with Gasteiger partial charge in [-0.1, -0.05) is 29.3 Å². The summed E-state index contributed by atoms with van der Waals surface area (Å²) in [5, 5.41) is 4.15. The van der Waals surface area contributed by atoms with Gasteiger partial charge in [0.05, 0.1) is 7.11 Å². The van der Waals surface area contributed by atoms with Gasteiger partial charge in [0.2, 0.25) is 0 Å². The Hall–Kier alpha value is -0.620. The largest absolute Gasteiger partial charge is 0.468 e. The first-order valence-electron chi connectivity index (χ1n) is 5.65. The highest BCUT2D eigenvalue weighted by Crippen LogP contribution is 2.28. The minimum atomic E-state index is -1.09. The van der Waals surface area contributed by atoms with Crippen LogP contribution < -0.4 is 5.32 Å². The van der Waals surface area contributed by atoms with Crippen molar-refractivity contribution < 1.29 is 13.7 Å². The van der Waals surface area contributed by atoms with Gasteiger partial charge < -0.3 is 4.74 Å². The number of methoxy groups -OCH3 is 1. The average molecular weight is 322 g/mol. The Labute approximate surface area is 123 Å². The van der Waals surface area contributed by atoms with Gasteiger partial charge in [0, 0.05) is 38.4 Å². The molecule has 4 nitrogen and oxygen atoms in total. The van der Waals surface area contributed by atoms with Gasteiger partial charge in [-0.3, -0.25) is 14.3 Å². The van der Waals surface area contributed by atoms with Crippen molar-refractivity contribution in [1.29, 1.82) is 0 Å². The lowest BCUT2D eigenvalue weighted by molar-refractivity contribution is -0.142. The predicted octanol–water partition coefficient (Wildman–Crippen LogP) is 1.93. The molecule has 1 N–H and O–H groups in total. The van der Waals surface area contributed by atoms with Gasteiger partial charge in [-0.2, -0.15) is 0 Å². The van der Waals surface area contributed by atoms with E-state index < -0.39 is 22.8 Å². The molecule has 3 unspecified atom stereocenters. The molecular formula is C12H13Cl2NO3S. The Balaban J connectivity index is 2.24. The van der Waals surface area contributed by atoms with Crippen LogP contribution in [0.25, 0.3) is 0 Å². The Bertz CT molecular complexity index is 524. The molecule has 1 aromatic rings. The molecule has 7 heteroatoms. The summed E-state index contributed by atoms with van der Waals surface area (Å²) in [6.07, 6.45) is 0. The third-order valence-corrected chi connectivity index (χ3v) is 4.90. The Morgan fingerprint density at radius 3 is 2.79 bits per heavy atom.